The first-order chi connectivity index (χ1) is 39.7. The summed E-state index contributed by atoms with van der Waals surface area (Å²) in [5, 5.41) is 9.89. The molecule has 4 amide bonds. The fourth-order valence-corrected chi connectivity index (χ4v) is 36.1. The molecule has 20 nitrogen and oxygen atoms in total. The summed E-state index contributed by atoms with van der Waals surface area (Å²) in [6, 6.07) is 34.5. The molecule has 0 bridgehead atoms. The first kappa shape index (κ1) is 53.8. The van der Waals surface area contributed by atoms with Gasteiger partial charge in [0, 0.05) is 19.3 Å². The van der Waals surface area contributed by atoms with Gasteiger partial charge in [0.1, 0.15) is 0 Å². The SMILES string of the molecule is COCCOCCOCC(=O)NCCC[Si](C)(C)O[Si-2]123(O[Si](C)(C)CCCNC(=O)CCCCCN4C(=O)C=CC4=O)n4c5c6ccccc6c4N=C4c6ccccc6C(=[N+]41)N=c1c4ccccc4c(n12)=NC1=[N+]3C(=N5)c2ccccc21. The Morgan fingerprint density at radius 1 is 0.549 bits per heavy atom. The molecule has 0 atom stereocenters. The van der Waals surface area contributed by atoms with E-state index < -0.39 is 24.4 Å². The van der Waals surface area contributed by atoms with Gasteiger partial charge in [-0.3, -0.25) is 14.5 Å². The molecular weight excluding hydrogens is 1090 g/mol. The predicted molar refractivity (Wildman–Crippen MR) is 317 cm³/mol. The summed E-state index contributed by atoms with van der Waals surface area (Å²) in [4.78, 5) is 75.5. The topological polar surface area (TPSA) is 207 Å². The third-order valence-corrected chi connectivity index (χ3v) is 33.6. The van der Waals surface area contributed by atoms with E-state index in [-0.39, 0.29) is 36.8 Å². The Kier molecular flexibility index (Phi) is 13.0. The third-order valence-electron chi connectivity index (χ3n) is 16.9. The molecular formula is C59H67N11O9Si3. The molecule has 4 aromatic carbocycles. The van der Waals surface area contributed by atoms with Crippen LogP contribution in [0, 0.1) is 0 Å². The van der Waals surface area contributed by atoms with E-state index in [2.05, 4.69) is 102 Å². The van der Waals surface area contributed by atoms with E-state index in [0.717, 1.165) is 43.8 Å². The second kappa shape index (κ2) is 19.9. The van der Waals surface area contributed by atoms with Gasteiger partial charge in [0.15, 0.2) is 0 Å². The van der Waals surface area contributed by atoms with Crippen molar-refractivity contribution >= 4 is 105 Å². The Morgan fingerprint density at radius 2 is 1.02 bits per heavy atom. The van der Waals surface area contributed by atoms with E-state index in [1.165, 1.54) is 17.1 Å². The molecule has 424 valence electrons. The van der Waals surface area contributed by atoms with Crippen molar-refractivity contribution in [1.29, 1.82) is 0 Å². The fraction of sp³-hybridized carbons (Fsp3) is 0.356. The van der Waals surface area contributed by atoms with Crippen molar-refractivity contribution in [3.8, 4) is 0 Å². The average Bonchev–Trinajstić information content (AvgIpc) is 0.668. The van der Waals surface area contributed by atoms with E-state index in [9.17, 15) is 27.4 Å². The molecule has 2 aromatic heterocycles. The number of unbranched alkanes of at least 4 members (excludes halogenated alkanes) is 2. The van der Waals surface area contributed by atoms with Crippen LogP contribution >= 0.6 is 0 Å². The fourth-order valence-electron chi connectivity index (χ4n) is 13.8. The predicted octanol–water partition coefficient (Wildman–Crippen LogP) is 5.95. The summed E-state index contributed by atoms with van der Waals surface area (Å²) < 4.78 is 44.0. The molecule has 7 aliphatic rings. The number of nitrogens with zero attached hydrogens (tertiary/aromatic N) is 9. The number of amidine groups is 4. The Balaban J connectivity index is 0.963. The minimum atomic E-state index is -6.95. The molecule has 0 saturated carbocycles. The normalized spacial score (nSPS) is 18.4. The number of aliphatic imine (C=N–C) groups is 2. The maximum atomic E-state index is 13.5. The number of fused-ring (bicyclic) bond motifs is 12. The third kappa shape index (κ3) is 7.77. The van der Waals surface area contributed by atoms with Crippen LogP contribution in [0.5, 0.6) is 0 Å². The molecule has 82 heavy (non-hydrogen) atoms. The van der Waals surface area contributed by atoms with E-state index in [1.807, 2.05) is 48.5 Å². The number of benzene rings is 4. The summed E-state index contributed by atoms with van der Waals surface area (Å²) in [6.45, 7) is 11.7. The van der Waals surface area contributed by atoms with Crippen molar-refractivity contribution in [2.24, 2.45) is 20.0 Å². The van der Waals surface area contributed by atoms with Gasteiger partial charge in [-0.05, 0) is 0 Å². The average molecular weight is 1160 g/mol. The van der Waals surface area contributed by atoms with Crippen molar-refractivity contribution in [3.63, 3.8) is 0 Å². The molecule has 0 unspecified atom stereocenters. The molecule has 13 rings (SSSR count). The summed E-state index contributed by atoms with van der Waals surface area (Å²) in [6.07, 6.45) is 6.07. The summed E-state index contributed by atoms with van der Waals surface area (Å²) in [5.41, 5.74) is 4.87. The first-order valence-electron chi connectivity index (χ1n) is 28.6. The van der Waals surface area contributed by atoms with Gasteiger partial charge in [-0.15, -0.1) is 0 Å². The molecule has 0 aliphatic carbocycles. The van der Waals surface area contributed by atoms with Crippen molar-refractivity contribution in [3.05, 3.63) is 142 Å². The second-order valence-electron chi connectivity index (χ2n) is 23.2. The number of imide groups is 1. The number of aromatic nitrogens is 2. The Hall–Kier alpha value is -7.49. The van der Waals surface area contributed by atoms with Gasteiger partial charge in [0.25, 0.3) is 11.8 Å². The van der Waals surface area contributed by atoms with Crippen LogP contribution in [0.4, 0.5) is 11.6 Å². The van der Waals surface area contributed by atoms with Crippen LogP contribution in [0.25, 0.3) is 21.5 Å². The van der Waals surface area contributed by atoms with Crippen LogP contribution in [-0.2, 0) is 41.6 Å². The molecule has 7 aliphatic heterocycles. The Labute approximate surface area is 475 Å². The van der Waals surface area contributed by atoms with Crippen molar-refractivity contribution in [2.45, 2.75) is 76.8 Å². The maximum absolute atomic E-state index is 13.5. The van der Waals surface area contributed by atoms with E-state index in [4.69, 9.17) is 34.2 Å². The number of hydrogen-bond donors (Lipinski definition) is 2. The number of amides is 4. The number of ether oxygens (including phenoxy) is 3. The van der Waals surface area contributed by atoms with Crippen LogP contribution in [-0.4, -0.2) is 153 Å². The molecule has 0 radical (unpaired) electrons. The van der Waals surface area contributed by atoms with Crippen molar-refractivity contribution in [1.82, 2.24) is 24.0 Å². The van der Waals surface area contributed by atoms with E-state index in [1.54, 1.807) is 7.11 Å². The van der Waals surface area contributed by atoms with Gasteiger partial charge in [-0.1, -0.05) is 0 Å². The summed E-state index contributed by atoms with van der Waals surface area (Å²) in [7, 11) is -11.9. The monoisotopic (exact) mass is 1160 g/mol. The Bertz CT molecular complexity index is 3890. The molecule has 0 saturated heterocycles. The number of nitrogens with one attached hydrogen (secondary N) is 2. The molecule has 1 spiro atoms. The number of carbonyl (C=O) groups is 4. The zero-order valence-corrected chi connectivity index (χ0v) is 49.9. The van der Waals surface area contributed by atoms with E-state index >= 15 is 0 Å². The van der Waals surface area contributed by atoms with Crippen LogP contribution in [0.2, 0.25) is 38.3 Å². The summed E-state index contributed by atoms with van der Waals surface area (Å²) >= 11 is 0. The summed E-state index contributed by atoms with van der Waals surface area (Å²) in [5.74, 6) is 3.07. The number of methoxy groups -OCH3 is 1. The van der Waals surface area contributed by atoms with E-state index in [0.29, 0.717) is 136 Å². The van der Waals surface area contributed by atoms with Crippen LogP contribution < -0.4 is 21.6 Å². The molecule has 6 aromatic rings. The first-order valence-corrected chi connectivity index (χ1v) is 37.4. The standard InChI is InChI=1S/C59H67N11O9Si3/c1-75-33-34-76-35-36-77-39-49(72)61-31-18-38-81(4,5)79-82(78-80(2,3)37-17-30-60-48(71)27-7-6-16-32-66-50(73)28-29-51(66)74)67-52-40-19-8-9-20-41(40)53(67)63-55-44-23-12-13-24-45(44)57(69(55)82)65-59-47-26-15-14-25-46(47)58(70(59)82)64-56-43-22-11-10-21-42(43)54(62-52)68(56)82/h8-15,19-26,28-29H,6-7,16-18,27,30-39H2,1-5H3,(H,60,71)(H,61,72). The second-order valence-corrected chi connectivity index (χ2v) is 37.5. The van der Waals surface area contributed by atoms with Gasteiger partial charge in [-0.25, -0.2) is 0 Å². The zero-order chi connectivity index (χ0) is 56.7. The number of rotatable bonds is 26. The molecule has 2 N–H and O–H groups in total. The van der Waals surface area contributed by atoms with Crippen LogP contribution in [0.15, 0.2) is 129 Å². The van der Waals surface area contributed by atoms with Crippen LogP contribution in [0.1, 0.15) is 60.8 Å². The van der Waals surface area contributed by atoms with Crippen molar-refractivity contribution < 1.29 is 50.1 Å². The van der Waals surface area contributed by atoms with Gasteiger partial charge in [0.05, 0.1) is 13.2 Å². The van der Waals surface area contributed by atoms with Gasteiger partial charge < -0.3 is 4.74 Å². The van der Waals surface area contributed by atoms with Gasteiger partial charge in [-0.2, -0.15) is 0 Å². The van der Waals surface area contributed by atoms with Gasteiger partial charge >= 0.3 is 414 Å². The molecule has 23 heteroatoms. The number of hydrogen-bond acceptors (Lipinski definition) is 13. The zero-order valence-electron chi connectivity index (χ0n) is 46.9. The Morgan fingerprint density at radius 3 is 1.56 bits per heavy atom. The minimum absolute atomic E-state index is 0.0569. The molecule has 0 fully saturated rings. The molecule has 9 heterocycles. The quantitative estimate of drug-likeness (QED) is 0.0374. The van der Waals surface area contributed by atoms with Crippen molar-refractivity contribution in [2.75, 3.05) is 59.8 Å². The number of carbonyl (C=O) groups excluding carboxylic acids is 4. The van der Waals surface area contributed by atoms with Gasteiger partial charge in [0.2, 0.25) is 0 Å². The van der Waals surface area contributed by atoms with Crippen LogP contribution in [0.3, 0.4) is 0 Å².